The number of nitrogens with zero attached hydrogens (tertiary/aromatic N) is 3. The lowest BCUT2D eigenvalue weighted by atomic mass is 10.1. The Morgan fingerprint density at radius 2 is 1.90 bits per heavy atom. The molecule has 0 radical (unpaired) electrons. The van der Waals surface area contributed by atoms with Crippen molar-refractivity contribution in [1.82, 2.24) is 15.1 Å². The molecule has 0 aliphatic heterocycles. The lowest BCUT2D eigenvalue weighted by Gasteiger charge is -2.07. The van der Waals surface area contributed by atoms with E-state index in [1.54, 1.807) is 49.6 Å². The number of benzene rings is 1. The van der Waals surface area contributed by atoms with Gasteiger partial charge in [-0.05, 0) is 31.2 Å². The number of carbonyl (C=O) groups is 1. The molecule has 21 heavy (non-hydrogen) atoms. The van der Waals surface area contributed by atoms with Crippen LogP contribution in [0.2, 0.25) is 0 Å². The third kappa shape index (κ3) is 2.79. The highest BCUT2D eigenvalue weighted by Crippen LogP contribution is 2.22. The predicted molar refractivity (Wildman–Crippen MR) is 76.7 cm³/mol. The summed E-state index contributed by atoms with van der Waals surface area (Å²) in [5.74, 6) is 0.606. The number of pyridine rings is 1. The number of carbonyl (C=O) groups excluding carboxylic acids is 1. The first-order valence-electron chi connectivity index (χ1n) is 6.35. The summed E-state index contributed by atoms with van der Waals surface area (Å²) in [6.45, 7) is 1.73. The van der Waals surface area contributed by atoms with Crippen LogP contribution in [0.15, 0.2) is 53.3 Å². The molecule has 104 valence electrons. The number of nitrogens with one attached hydrogen (secondary N) is 1. The molecular formula is C15H12N4O2. The molecule has 1 N–H and O–H groups in total. The van der Waals surface area contributed by atoms with E-state index >= 15 is 0 Å². The van der Waals surface area contributed by atoms with E-state index < -0.39 is 0 Å². The summed E-state index contributed by atoms with van der Waals surface area (Å²) in [6.07, 6.45) is 3.23. The summed E-state index contributed by atoms with van der Waals surface area (Å²) < 4.78 is 5.14. The Morgan fingerprint density at radius 1 is 1.14 bits per heavy atom. The van der Waals surface area contributed by atoms with Gasteiger partial charge in [-0.1, -0.05) is 17.3 Å². The van der Waals surface area contributed by atoms with Crippen molar-refractivity contribution in [2.24, 2.45) is 0 Å². The van der Waals surface area contributed by atoms with Gasteiger partial charge >= 0.3 is 0 Å². The minimum atomic E-state index is -0.243. The SMILES string of the molecule is Cc1noc(-c2ccccc2C(=O)Nc2ccncc2)n1. The van der Waals surface area contributed by atoms with Crippen LogP contribution in [0.5, 0.6) is 0 Å². The predicted octanol–water partition coefficient (Wildman–Crippen LogP) is 2.69. The summed E-state index contributed by atoms with van der Waals surface area (Å²) in [6, 6.07) is 10.5. The molecule has 0 saturated heterocycles. The number of hydrogen-bond donors (Lipinski definition) is 1. The van der Waals surface area contributed by atoms with Gasteiger partial charge in [-0.15, -0.1) is 0 Å². The van der Waals surface area contributed by atoms with Crippen molar-refractivity contribution in [3.63, 3.8) is 0 Å². The minimum Gasteiger partial charge on any atom is -0.334 e. The lowest BCUT2D eigenvalue weighted by molar-refractivity contribution is 0.102. The fourth-order valence-electron chi connectivity index (χ4n) is 1.91. The van der Waals surface area contributed by atoms with Gasteiger partial charge in [0, 0.05) is 18.1 Å². The molecule has 6 heteroatoms. The van der Waals surface area contributed by atoms with E-state index in [-0.39, 0.29) is 5.91 Å². The van der Waals surface area contributed by atoms with E-state index in [0.29, 0.717) is 28.5 Å². The molecule has 0 aliphatic carbocycles. The van der Waals surface area contributed by atoms with Crippen molar-refractivity contribution in [1.29, 1.82) is 0 Å². The zero-order chi connectivity index (χ0) is 14.7. The number of hydrogen-bond acceptors (Lipinski definition) is 5. The molecule has 6 nitrogen and oxygen atoms in total. The monoisotopic (exact) mass is 280 g/mol. The van der Waals surface area contributed by atoms with Crippen molar-refractivity contribution in [2.45, 2.75) is 6.92 Å². The minimum absolute atomic E-state index is 0.243. The first-order valence-corrected chi connectivity index (χ1v) is 6.35. The first-order chi connectivity index (χ1) is 10.2. The zero-order valence-electron chi connectivity index (χ0n) is 11.3. The third-order valence-corrected chi connectivity index (χ3v) is 2.87. The van der Waals surface area contributed by atoms with Gasteiger partial charge in [0.1, 0.15) is 0 Å². The molecule has 1 aromatic carbocycles. The van der Waals surface area contributed by atoms with Crippen LogP contribution in [-0.4, -0.2) is 21.0 Å². The number of aromatic nitrogens is 3. The van der Waals surface area contributed by atoms with Gasteiger partial charge in [0.15, 0.2) is 5.82 Å². The zero-order valence-corrected chi connectivity index (χ0v) is 11.3. The summed E-state index contributed by atoms with van der Waals surface area (Å²) >= 11 is 0. The van der Waals surface area contributed by atoms with Crippen LogP contribution >= 0.6 is 0 Å². The van der Waals surface area contributed by atoms with Gasteiger partial charge < -0.3 is 9.84 Å². The highest BCUT2D eigenvalue weighted by Gasteiger charge is 2.16. The van der Waals surface area contributed by atoms with Crippen molar-refractivity contribution in [2.75, 3.05) is 5.32 Å². The molecule has 3 rings (SSSR count). The number of aryl methyl sites for hydroxylation is 1. The van der Waals surface area contributed by atoms with E-state index in [0.717, 1.165) is 0 Å². The second-order valence-corrected chi connectivity index (χ2v) is 4.38. The maximum atomic E-state index is 12.4. The summed E-state index contributed by atoms with van der Waals surface area (Å²) in [5.41, 5.74) is 1.74. The van der Waals surface area contributed by atoms with Crippen LogP contribution < -0.4 is 5.32 Å². The summed E-state index contributed by atoms with van der Waals surface area (Å²) in [7, 11) is 0. The standard InChI is InChI=1S/C15H12N4O2/c1-10-17-15(21-19-10)13-5-3-2-4-12(13)14(20)18-11-6-8-16-9-7-11/h2-9H,1H3,(H,16,18,20). The van der Waals surface area contributed by atoms with Crippen LogP contribution in [0, 0.1) is 6.92 Å². The summed E-state index contributed by atoms with van der Waals surface area (Å²) in [4.78, 5) is 20.5. The molecule has 1 amide bonds. The second-order valence-electron chi connectivity index (χ2n) is 4.38. The highest BCUT2D eigenvalue weighted by molar-refractivity contribution is 6.08. The Hall–Kier alpha value is -3.02. The Labute approximate surface area is 120 Å². The lowest BCUT2D eigenvalue weighted by Crippen LogP contribution is -2.13. The van der Waals surface area contributed by atoms with Crippen LogP contribution in [-0.2, 0) is 0 Å². The van der Waals surface area contributed by atoms with Crippen molar-refractivity contribution in [3.8, 4) is 11.5 Å². The largest absolute Gasteiger partial charge is 0.334 e. The van der Waals surface area contributed by atoms with Crippen LogP contribution in [0.4, 0.5) is 5.69 Å². The van der Waals surface area contributed by atoms with Crippen LogP contribution in [0.3, 0.4) is 0 Å². The van der Waals surface area contributed by atoms with Crippen molar-refractivity contribution >= 4 is 11.6 Å². The molecule has 2 heterocycles. The highest BCUT2D eigenvalue weighted by atomic mass is 16.5. The number of anilines is 1. The van der Waals surface area contributed by atoms with Gasteiger partial charge in [0.05, 0.1) is 11.1 Å². The topological polar surface area (TPSA) is 80.9 Å². The normalized spacial score (nSPS) is 10.3. The molecule has 3 aromatic rings. The average Bonchev–Trinajstić information content (AvgIpc) is 2.95. The molecule has 0 fully saturated rings. The van der Waals surface area contributed by atoms with Crippen molar-refractivity contribution in [3.05, 3.63) is 60.2 Å². The van der Waals surface area contributed by atoms with Crippen LogP contribution in [0.1, 0.15) is 16.2 Å². The molecule has 0 bridgehead atoms. The quantitative estimate of drug-likeness (QED) is 0.797. The Kier molecular flexibility index (Phi) is 3.42. The molecule has 0 unspecified atom stereocenters. The Morgan fingerprint density at radius 3 is 2.62 bits per heavy atom. The first kappa shape index (κ1) is 13.0. The third-order valence-electron chi connectivity index (χ3n) is 2.87. The van der Waals surface area contributed by atoms with Gasteiger partial charge in [-0.3, -0.25) is 9.78 Å². The smallest absolute Gasteiger partial charge is 0.258 e. The summed E-state index contributed by atoms with van der Waals surface area (Å²) in [5, 5.41) is 6.56. The Balaban J connectivity index is 1.94. The molecule has 0 saturated carbocycles. The van der Waals surface area contributed by atoms with Gasteiger partial charge in [-0.2, -0.15) is 4.98 Å². The van der Waals surface area contributed by atoms with E-state index in [4.69, 9.17) is 4.52 Å². The van der Waals surface area contributed by atoms with E-state index in [1.165, 1.54) is 0 Å². The fraction of sp³-hybridized carbons (Fsp3) is 0.0667. The number of amides is 1. The fourth-order valence-corrected chi connectivity index (χ4v) is 1.91. The Bertz CT molecular complexity index is 768. The average molecular weight is 280 g/mol. The number of rotatable bonds is 3. The van der Waals surface area contributed by atoms with Gasteiger partial charge in [0.2, 0.25) is 0 Å². The maximum Gasteiger partial charge on any atom is 0.258 e. The van der Waals surface area contributed by atoms with E-state index in [9.17, 15) is 4.79 Å². The van der Waals surface area contributed by atoms with Gasteiger partial charge in [-0.25, -0.2) is 0 Å². The molecular weight excluding hydrogens is 268 g/mol. The van der Waals surface area contributed by atoms with Crippen molar-refractivity contribution < 1.29 is 9.32 Å². The maximum absolute atomic E-state index is 12.4. The molecule has 0 atom stereocenters. The molecule has 2 aromatic heterocycles. The molecule has 0 spiro atoms. The van der Waals surface area contributed by atoms with E-state index in [2.05, 4.69) is 20.4 Å². The molecule has 0 aliphatic rings. The second kappa shape index (κ2) is 5.54. The van der Waals surface area contributed by atoms with E-state index in [1.807, 2.05) is 6.07 Å². The van der Waals surface area contributed by atoms with Gasteiger partial charge in [0.25, 0.3) is 11.8 Å². The van der Waals surface area contributed by atoms with Crippen LogP contribution in [0.25, 0.3) is 11.5 Å².